The lowest BCUT2D eigenvalue weighted by Gasteiger charge is -2.59. The summed E-state index contributed by atoms with van der Waals surface area (Å²) in [4.78, 5) is 32.5. The van der Waals surface area contributed by atoms with Crippen molar-refractivity contribution in [2.24, 2.45) is 22.9 Å². The van der Waals surface area contributed by atoms with E-state index in [2.05, 4.69) is 12.7 Å². The van der Waals surface area contributed by atoms with Crippen LogP contribution in [0.25, 0.3) is 0 Å². The number of aliphatic hydroxyl groups is 2. The molecule has 2 heterocycles. The number of amides is 1. The number of nitrogens with zero attached hydrogens (tertiary/aromatic N) is 3. The molecule has 6 rings (SSSR count). The molecule has 310 valence electrons. The zero-order valence-corrected chi connectivity index (χ0v) is 33.2. The lowest BCUT2D eigenvalue weighted by atomic mass is 9.55. The first-order valence-electron chi connectivity index (χ1n) is 20.0. The summed E-state index contributed by atoms with van der Waals surface area (Å²) >= 11 is 5.93. The molecule has 0 radical (unpaired) electrons. The van der Waals surface area contributed by atoms with E-state index in [0.29, 0.717) is 48.8 Å². The number of aliphatic hydroxyl groups excluding tert-OH is 2. The second kappa shape index (κ2) is 20.0. The van der Waals surface area contributed by atoms with Crippen LogP contribution in [0.2, 0.25) is 0 Å². The van der Waals surface area contributed by atoms with Crippen molar-refractivity contribution in [3.63, 3.8) is 0 Å². The highest BCUT2D eigenvalue weighted by Crippen LogP contribution is 2.62. The first kappa shape index (κ1) is 42.4. The van der Waals surface area contributed by atoms with E-state index in [-0.39, 0.29) is 62.2 Å². The van der Waals surface area contributed by atoms with E-state index >= 15 is 0 Å². The molecule has 2 N–H and O–H groups in total. The number of carbonyl (C=O) groups excluding carboxylic acids is 1. The van der Waals surface area contributed by atoms with Crippen molar-refractivity contribution >= 4 is 29.1 Å². The predicted octanol–water partition coefficient (Wildman–Crippen LogP) is 7.85. The number of non-ortho nitro benzene ring substituents is 1. The molecule has 2 aromatic carbocycles. The molecule has 1 amide bonds. The smallest absolute Gasteiger partial charge is 0.410 e. The van der Waals surface area contributed by atoms with Crippen LogP contribution in [0, 0.1) is 27.9 Å². The van der Waals surface area contributed by atoms with Crippen LogP contribution in [0.5, 0.6) is 17.2 Å². The number of allylic oxidation sites excluding steroid dienone is 1. The molecular weight excluding hydrogens is 758 g/mol. The first-order chi connectivity index (χ1) is 27.7. The monoisotopic (exact) mass is 811 g/mol. The molecule has 57 heavy (non-hydrogen) atoms. The highest BCUT2D eigenvalue weighted by molar-refractivity contribution is 6.18. The Bertz CT molecular complexity index is 1770. The van der Waals surface area contributed by atoms with Gasteiger partial charge >= 0.3 is 6.09 Å². The van der Waals surface area contributed by atoms with Gasteiger partial charge in [-0.3, -0.25) is 10.1 Å². The Labute approximate surface area is 338 Å². The van der Waals surface area contributed by atoms with Gasteiger partial charge in [-0.2, -0.15) is 0 Å². The second-order valence-corrected chi connectivity index (χ2v) is 15.3. The van der Waals surface area contributed by atoms with Crippen LogP contribution in [0.3, 0.4) is 0 Å². The maximum atomic E-state index is 13.7. The Balaban J connectivity index is 1.55. The number of rotatable bonds is 19. The number of likely N-dealkylation sites (N-methyl/N-ethyl adjacent to an activating group) is 1. The minimum absolute atomic E-state index is 0.0116. The zero-order chi connectivity index (χ0) is 40.4. The van der Waals surface area contributed by atoms with E-state index in [1.165, 1.54) is 17.0 Å². The second-order valence-electron chi connectivity index (χ2n) is 14.9. The maximum Gasteiger partial charge on any atom is 0.410 e. The van der Waals surface area contributed by atoms with Gasteiger partial charge in [-0.15, -0.1) is 18.2 Å². The number of halogens is 1. The quantitative estimate of drug-likeness (QED) is 0.0465. The van der Waals surface area contributed by atoms with E-state index in [9.17, 15) is 25.1 Å². The third-order valence-corrected chi connectivity index (χ3v) is 11.5. The summed E-state index contributed by atoms with van der Waals surface area (Å²) in [6.45, 7) is 4.78. The van der Waals surface area contributed by atoms with E-state index < -0.39 is 35.1 Å². The van der Waals surface area contributed by atoms with Crippen molar-refractivity contribution in [3.8, 4) is 17.2 Å². The Morgan fingerprint density at radius 1 is 1.12 bits per heavy atom. The number of fused-ring (bicyclic) bond motifs is 2. The SMILES string of the molecule is C=CCOC12Oc3ccc(Oc4cccc([N+](=O)[O-])c4)cc3C3C(CCCCO)C(CCCCO)C=C(C(=NOC4CCCCO4)CC1N(C)C(=O)OCCCl)C32. The molecule has 2 aliphatic carbocycles. The van der Waals surface area contributed by atoms with Crippen molar-refractivity contribution in [2.75, 3.05) is 46.0 Å². The fraction of sp³-hybridized carbons (Fsp3) is 0.571. The van der Waals surface area contributed by atoms with Gasteiger partial charge in [0.15, 0.2) is 0 Å². The Morgan fingerprint density at radius 2 is 1.91 bits per heavy atom. The molecule has 0 spiro atoms. The van der Waals surface area contributed by atoms with Crippen LogP contribution in [0.1, 0.15) is 75.7 Å². The van der Waals surface area contributed by atoms with Gasteiger partial charge in [0.25, 0.3) is 5.69 Å². The van der Waals surface area contributed by atoms with Crippen LogP contribution in [-0.2, 0) is 19.0 Å². The molecule has 0 bridgehead atoms. The minimum atomic E-state index is -1.46. The molecule has 2 aromatic rings. The molecule has 15 heteroatoms. The number of nitro groups is 1. The number of hydrogen-bond acceptors (Lipinski definition) is 12. The van der Waals surface area contributed by atoms with Gasteiger partial charge < -0.3 is 43.6 Å². The molecule has 4 aliphatic rings. The van der Waals surface area contributed by atoms with E-state index in [4.69, 9.17) is 45.3 Å². The summed E-state index contributed by atoms with van der Waals surface area (Å²) in [7, 11) is 1.65. The standard InChI is InChI=1S/C42H54ClN3O11/c1-3-21-54-42-37(45(2)41(49)53-23-18-43)27-35(44-57-38-15-6-9-22-52-38)33-24-28(11-4-7-19-47)32(14-5-8-20-48)39(40(33)42)34-26-31(16-17-36(34)56-42)55-30-13-10-12-29(25-30)46(50)51/h3,10,12-13,16-17,24-26,28,32,37-40,47-48H,1,4-9,11,14-15,18-23,27H2,2H3. The normalized spacial score (nSPS) is 26.9. The van der Waals surface area contributed by atoms with E-state index in [1.54, 1.807) is 31.3 Å². The maximum absolute atomic E-state index is 13.7. The van der Waals surface area contributed by atoms with E-state index in [1.807, 2.05) is 12.1 Å². The van der Waals surface area contributed by atoms with Crippen molar-refractivity contribution in [1.82, 2.24) is 4.90 Å². The van der Waals surface area contributed by atoms with Crippen molar-refractivity contribution in [3.05, 3.63) is 82.4 Å². The Kier molecular flexibility index (Phi) is 14.9. The molecule has 14 nitrogen and oxygen atoms in total. The third-order valence-electron chi connectivity index (χ3n) is 11.4. The summed E-state index contributed by atoms with van der Waals surface area (Å²) in [5, 5.41) is 36.1. The molecule has 7 unspecified atom stereocenters. The molecule has 2 aliphatic heterocycles. The van der Waals surface area contributed by atoms with Gasteiger partial charge in [0, 0.05) is 50.7 Å². The number of benzene rings is 2. The molecule has 2 fully saturated rings. The van der Waals surface area contributed by atoms with Crippen LogP contribution in [0.4, 0.5) is 10.5 Å². The summed E-state index contributed by atoms with van der Waals surface area (Å²) in [6.07, 6.45) is 9.92. The van der Waals surface area contributed by atoms with Gasteiger partial charge in [-0.1, -0.05) is 36.2 Å². The van der Waals surface area contributed by atoms with Crippen molar-refractivity contribution < 1.29 is 48.5 Å². The van der Waals surface area contributed by atoms with Crippen LogP contribution >= 0.6 is 11.6 Å². The molecule has 1 saturated carbocycles. The van der Waals surface area contributed by atoms with Crippen LogP contribution < -0.4 is 9.47 Å². The summed E-state index contributed by atoms with van der Waals surface area (Å²) in [5.41, 5.74) is 2.26. The number of ether oxygens (including phenoxy) is 5. The molecular formula is C42H54ClN3O11. The van der Waals surface area contributed by atoms with Gasteiger partial charge in [0.05, 0.1) is 41.7 Å². The minimum Gasteiger partial charge on any atom is -0.459 e. The number of carbonyl (C=O) groups is 1. The lowest BCUT2D eigenvalue weighted by Crippen LogP contribution is -2.69. The van der Waals surface area contributed by atoms with Gasteiger partial charge in [-0.25, -0.2) is 4.79 Å². The average Bonchev–Trinajstić information content (AvgIpc) is 3.22. The van der Waals surface area contributed by atoms with Gasteiger partial charge in [0.1, 0.15) is 29.9 Å². The van der Waals surface area contributed by atoms with Crippen LogP contribution in [0.15, 0.2) is 71.9 Å². The third kappa shape index (κ3) is 9.58. The highest BCUT2D eigenvalue weighted by Gasteiger charge is 2.65. The number of hydrogen-bond donors (Lipinski definition) is 2. The van der Waals surface area contributed by atoms with Crippen molar-refractivity contribution in [2.45, 2.75) is 88.2 Å². The number of alkyl halides is 1. The fourth-order valence-electron chi connectivity index (χ4n) is 8.86. The van der Waals surface area contributed by atoms with Gasteiger partial charge in [-0.05, 0) is 80.2 Å². The largest absolute Gasteiger partial charge is 0.459 e. The Hall–Kier alpha value is -4.21. The molecule has 0 aromatic heterocycles. The summed E-state index contributed by atoms with van der Waals surface area (Å²) in [6, 6.07) is 10.7. The number of oxime groups is 1. The fourth-order valence-corrected chi connectivity index (χ4v) is 8.94. The molecule has 7 atom stereocenters. The number of unbranched alkanes of at least 4 members (excludes halogenated alkanes) is 2. The highest BCUT2D eigenvalue weighted by atomic mass is 35.5. The van der Waals surface area contributed by atoms with E-state index in [0.717, 1.165) is 49.7 Å². The topological polar surface area (TPSA) is 172 Å². The predicted molar refractivity (Wildman–Crippen MR) is 213 cm³/mol. The lowest BCUT2D eigenvalue weighted by molar-refractivity contribution is -0.384. The summed E-state index contributed by atoms with van der Waals surface area (Å²) in [5.74, 6) is -0.854. The zero-order valence-electron chi connectivity index (χ0n) is 32.5. The first-order valence-corrected chi connectivity index (χ1v) is 20.5. The molecule has 1 saturated heterocycles. The summed E-state index contributed by atoms with van der Waals surface area (Å²) < 4.78 is 31.7. The van der Waals surface area contributed by atoms with Crippen LogP contribution in [-0.4, -0.2) is 95.9 Å². The number of nitro benzene ring substituents is 1. The average molecular weight is 812 g/mol. The Morgan fingerprint density at radius 3 is 2.63 bits per heavy atom. The van der Waals surface area contributed by atoms with Gasteiger partial charge in [0.2, 0.25) is 12.1 Å². The van der Waals surface area contributed by atoms with Crippen molar-refractivity contribution in [1.29, 1.82) is 0 Å².